The van der Waals surface area contributed by atoms with Gasteiger partial charge in [-0.25, -0.2) is 0 Å². The molecule has 2 aromatic rings. The second-order valence-electron chi connectivity index (χ2n) is 7.74. The Morgan fingerprint density at radius 2 is 1.72 bits per heavy atom. The highest BCUT2D eigenvalue weighted by molar-refractivity contribution is 6.35. The molecule has 2 saturated heterocycles. The van der Waals surface area contributed by atoms with Gasteiger partial charge < -0.3 is 9.64 Å². The molecule has 0 radical (unpaired) electrons. The second kappa shape index (κ2) is 9.00. The molecule has 2 fully saturated rings. The molecule has 7 heteroatoms. The van der Waals surface area contributed by atoms with E-state index in [1.807, 2.05) is 41.6 Å². The predicted octanol–water partition coefficient (Wildman–Crippen LogP) is 3.78. The molecule has 5 nitrogen and oxygen atoms in total. The van der Waals surface area contributed by atoms with Crippen molar-refractivity contribution >= 4 is 29.1 Å². The minimum absolute atomic E-state index is 0.161. The number of piperazine rings is 1. The first-order valence-electron chi connectivity index (χ1n) is 10.0. The number of aromatic nitrogens is 1. The van der Waals surface area contributed by atoms with E-state index in [0.29, 0.717) is 36.1 Å². The summed E-state index contributed by atoms with van der Waals surface area (Å²) < 4.78 is 5.58. The molecular formula is C22H25Cl2N3O2. The minimum Gasteiger partial charge on any atom is -0.381 e. The number of benzene rings is 1. The van der Waals surface area contributed by atoms with Crippen LogP contribution in [-0.4, -0.2) is 60.1 Å². The zero-order valence-corrected chi connectivity index (χ0v) is 17.8. The lowest BCUT2D eigenvalue weighted by atomic mass is 9.72. The third-order valence-corrected chi connectivity index (χ3v) is 6.57. The number of nitrogens with zero attached hydrogens (tertiary/aromatic N) is 3. The lowest BCUT2D eigenvalue weighted by molar-refractivity contribution is -0.143. The van der Waals surface area contributed by atoms with Crippen LogP contribution in [0.25, 0.3) is 0 Å². The smallest absolute Gasteiger partial charge is 0.233 e. The van der Waals surface area contributed by atoms with Gasteiger partial charge in [-0.05, 0) is 48.2 Å². The Balaban J connectivity index is 1.49. The fourth-order valence-corrected chi connectivity index (χ4v) is 4.94. The van der Waals surface area contributed by atoms with Crippen LogP contribution in [0.15, 0.2) is 42.7 Å². The molecule has 0 aliphatic carbocycles. The molecule has 29 heavy (non-hydrogen) atoms. The molecule has 0 spiro atoms. The summed E-state index contributed by atoms with van der Waals surface area (Å²) in [5, 5.41) is 1.14. The van der Waals surface area contributed by atoms with E-state index in [2.05, 4.69) is 9.88 Å². The zero-order valence-electron chi connectivity index (χ0n) is 16.3. The number of amides is 1. The number of carbonyl (C=O) groups excluding carboxylic acids is 1. The second-order valence-corrected chi connectivity index (χ2v) is 8.59. The van der Waals surface area contributed by atoms with E-state index in [9.17, 15) is 4.79 Å². The fraction of sp³-hybridized carbons (Fsp3) is 0.455. The van der Waals surface area contributed by atoms with Gasteiger partial charge in [-0.1, -0.05) is 29.3 Å². The summed E-state index contributed by atoms with van der Waals surface area (Å²) in [6, 6.07) is 9.54. The van der Waals surface area contributed by atoms with E-state index >= 15 is 0 Å². The van der Waals surface area contributed by atoms with Crippen molar-refractivity contribution < 1.29 is 9.53 Å². The van der Waals surface area contributed by atoms with Crippen LogP contribution >= 0.6 is 23.2 Å². The molecule has 1 aromatic carbocycles. The van der Waals surface area contributed by atoms with E-state index in [1.54, 1.807) is 6.07 Å². The number of pyridine rings is 1. The van der Waals surface area contributed by atoms with Crippen LogP contribution in [0.3, 0.4) is 0 Å². The lowest BCUT2D eigenvalue weighted by Gasteiger charge is -2.43. The van der Waals surface area contributed by atoms with Crippen LogP contribution < -0.4 is 0 Å². The summed E-state index contributed by atoms with van der Waals surface area (Å²) in [7, 11) is 0. The Kier molecular flexibility index (Phi) is 6.40. The van der Waals surface area contributed by atoms with Crippen LogP contribution in [0, 0.1) is 0 Å². The van der Waals surface area contributed by atoms with Gasteiger partial charge in [-0.15, -0.1) is 0 Å². The SMILES string of the molecule is O=C(N1CCN(Cc2ccncc2)CC1)C1(c2ccc(Cl)cc2Cl)CCOCC1. The van der Waals surface area contributed by atoms with Gasteiger partial charge in [-0.2, -0.15) is 0 Å². The van der Waals surface area contributed by atoms with Crippen molar-refractivity contribution in [3.8, 4) is 0 Å². The highest BCUT2D eigenvalue weighted by atomic mass is 35.5. The number of hydrogen-bond acceptors (Lipinski definition) is 4. The van der Waals surface area contributed by atoms with Crippen molar-refractivity contribution in [1.29, 1.82) is 0 Å². The van der Waals surface area contributed by atoms with Crippen molar-refractivity contribution in [3.05, 3.63) is 63.9 Å². The average Bonchev–Trinajstić information content (AvgIpc) is 2.75. The number of rotatable bonds is 4. The summed E-state index contributed by atoms with van der Waals surface area (Å²) in [5.41, 5.74) is 1.48. The maximum atomic E-state index is 13.7. The van der Waals surface area contributed by atoms with Crippen molar-refractivity contribution in [2.24, 2.45) is 0 Å². The summed E-state index contributed by atoms with van der Waals surface area (Å²) in [6.45, 7) is 5.16. The minimum atomic E-state index is -0.632. The molecule has 0 saturated carbocycles. The van der Waals surface area contributed by atoms with Gasteiger partial charge in [0.25, 0.3) is 0 Å². The molecule has 0 atom stereocenters. The van der Waals surface area contributed by atoms with Gasteiger partial charge in [0, 0.05) is 68.4 Å². The van der Waals surface area contributed by atoms with Gasteiger partial charge in [0.2, 0.25) is 5.91 Å². The van der Waals surface area contributed by atoms with Gasteiger partial charge in [0.15, 0.2) is 0 Å². The third-order valence-electron chi connectivity index (χ3n) is 6.02. The Labute approximate surface area is 181 Å². The van der Waals surface area contributed by atoms with Crippen LogP contribution in [0.5, 0.6) is 0 Å². The summed E-state index contributed by atoms with van der Waals surface area (Å²) in [6.07, 6.45) is 4.93. The molecule has 154 valence electrons. The third kappa shape index (κ3) is 4.43. The monoisotopic (exact) mass is 433 g/mol. The molecule has 4 rings (SSSR count). The summed E-state index contributed by atoms with van der Waals surface area (Å²) in [5.74, 6) is 0.161. The summed E-state index contributed by atoms with van der Waals surface area (Å²) >= 11 is 12.6. The molecular weight excluding hydrogens is 409 g/mol. The molecule has 0 unspecified atom stereocenters. The highest BCUT2D eigenvalue weighted by Crippen LogP contribution is 2.41. The average molecular weight is 434 g/mol. The van der Waals surface area contributed by atoms with Gasteiger partial charge >= 0.3 is 0 Å². The van der Waals surface area contributed by atoms with E-state index in [4.69, 9.17) is 27.9 Å². The molecule has 0 bridgehead atoms. The lowest BCUT2D eigenvalue weighted by Crippen LogP contribution is -2.55. The van der Waals surface area contributed by atoms with E-state index in [1.165, 1.54) is 5.56 Å². The van der Waals surface area contributed by atoms with E-state index in [0.717, 1.165) is 38.3 Å². The predicted molar refractivity (Wildman–Crippen MR) is 114 cm³/mol. The number of hydrogen-bond donors (Lipinski definition) is 0. The van der Waals surface area contributed by atoms with Gasteiger partial charge in [0.05, 0.1) is 5.41 Å². The van der Waals surface area contributed by atoms with Gasteiger partial charge in [0.1, 0.15) is 0 Å². The number of carbonyl (C=O) groups is 1. The van der Waals surface area contributed by atoms with E-state index in [-0.39, 0.29) is 5.91 Å². The normalized spacial score (nSPS) is 19.9. The Morgan fingerprint density at radius 1 is 1.03 bits per heavy atom. The van der Waals surface area contributed by atoms with Gasteiger partial charge in [-0.3, -0.25) is 14.7 Å². The maximum absolute atomic E-state index is 13.7. The molecule has 1 amide bonds. The largest absolute Gasteiger partial charge is 0.381 e. The van der Waals surface area contributed by atoms with Crippen molar-refractivity contribution in [3.63, 3.8) is 0 Å². The first-order chi connectivity index (χ1) is 14.1. The zero-order chi connectivity index (χ0) is 20.3. The van der Waals surface area contributed by atoms with Crippen molar-refractivity contribution in [2.45, 2.75) is 24.8 Å². The Hall–Kier alpha value is -1.66. The quantitative estimate of drug-likeness (QED) is 0.735. The Morgan fingerprint density at radius 3 is 2.38 bits per heavy atom. The first-order valence-corrected chi connectivity index (χ1v) is 10.8. The van der Waals surface area contributed by atoms with Crippen LogP contribution in [0.2, 0.25) is 10.0 Å². The van der Waals surface area contributed by atoms with Crippen molar-refractivity contribution in [2.75, 3.05) is 39.4 Å². The molecule has 0 N–H and O–H groups in total. The van der Waals surface area contributed by atoms with Crippen molar-refractivity contribution in [1.82, 2.24) is 14.8 Å². The van der Waals surface area contributed by atoms with Crippen LogP contribution in [0.1, 0.15) is 24.0 Å². The maximum Gasteiger partial charge on any atom is 0.233 e. The number of ether oxygens (including phenoxy) is 1. The topological polar surface area (TPSA) is 45.7 Å². The molecule has 3 heterocycles. The number of halogens is 2. The fourth-order valence-electron chi connectivity index (χ4n) is 4.35. The molecule has 2 aliphatic rings. The standard InChI is InChI=1S/C22H25Cl2N3O2/c23-18-1-2-19(20(24)15-18)22(5-13-29-14-6-22)21(28)27-11-9-26(10-12-27)16-17-3-7-25-8-4-17/h1-4,7-8,15H,5-6,9-14,16H2. The summed E-state index contributed by atoms with van der Waals surface area (Å²) in [4.78, 5) is 22.2. The van der Waals surface area contributed by atoms with Crippen LogP contribution in [-0.2, 0) is 21.5 Å². The first kappa shape index (κ1) is 20.6. The van der Waals surface area contributed by atoms with E-state index < -0.39 is 5.41 Å². The van der Waals surface area contributed by atoms with Crippen LogP contribution in [0.4, 0.5) is 0 Å². The molecule has 2 aliphatic heterocycles. The molecule has 1 aromatic heterocycles. The Bertz CT molecular complexity index is 848. The highest BCUT2D eigenvalue weighted by Gasteiger charge is 2.45.